The van der Waals surface area contributed by atoms with Crippen LogP contribution in [0.15, 0.2) is 72.5 Å². The molecule has 4 rings (SSSR count). The van der Waals surface area contributed by atoms with Gasteiger partial charge in [-0.25, -0.2) is 0 Å². The van der Waals surface area contributed by atoms with Gasteiger partial charge in [-0.1, -0.05) is 54.6 Å². The molecule has 3 aromatic carbocycles. The number of ether oxygens (including phenoxy) is 3. The zero-order valence-electron chi connectivity index (χ0n) is 15.2. The maximum absolute atomic E-state index is 10.5. The van der Waals surface area contributed by atoms with Gasteiger partial charge in [0.1, 0.15) is 11.5 Å². The van der Waals surface area contributed by atoms with E-state index < -0.39 is 0 Å². The summed E-state index contributed by atoms with van der Waals surface area (Å²) in [5.41, 5.74) is 3.94. The van der Waals surface area contributed by atoms with Crippen molar-refractivity contribution in [2.45, 2.75) is 6.42 Å². The van der Waals surface area contributed by atoms with Crippen LogP contribution in [0.3, 0.4) is 0 Å². The number of aliphatic hydroxyl groups excluding tert-OH is 1. The maximum atomic E-state index is 10.5. The smallest absolute Gasteiger partial charge is 0.172 e. The van der Waals surface area contributed by atoms with Crippen molar-refractivity contribution in [2.24, 2.45) is 0 Å². The number of allylic oxidation sites excluding steroid dienone is 1. The zero-order chi connectivity index (χ0) is 18.8. The highest BCUT2D eigenvalue weighted by Gasteiger charge is 2.23. The summed E-state index contributed by atoms with van der Waals surface area (Å²) in [4.78, 5) is 0. The van der Waals surface area contributed by atoms with Crippen LogP contribution in [-0.4, -0.2) is 19.3 Å². The summed E-state index contributed by atoms with van der Waals surface area (Å²) in [6.07, 6.45) is 0.380. The third-order valence-electron chi connectivity index (χ3n) is 4.65. The average molecular weight is 360 g/mol. The topological polar surface area (TPSA) is 47.9 Å². The Balaban J connectivity index is 1.66. The third kappa shape index (κ3) is 3.22. The molecule has 3 aromatic rings. The van der Waals surface area contributed by atoms with Crippen LogP contribution < -0.4 is 14.2 Å². The Morgan fingerprint density at radius 2 is 1.37 bits per heavy atom. The number of methoxy groups -OCH3 is 2. The van der Waals surface area contributed by atoms with Crippen molar-refractivity contribution in [1.29, 1.82) is 0 Å². The van der Waals surface area contributed by atoms with Gasteiger partial charge in [0.2, 0.25) is 0 Å². The SMILES string of the molecule is COc1cc2c(cc1OC)OC(c1ccc(-c3ccccc3)cc1)=C(O)C2. The van der Waals surface area contributed by atoms with Gasteiger partial charge in [-0.15, -0.1) is 0 Å². The molecule has 0 saturated heterocycles. The van der Waals surface area contributed by atoms with Crippen molar-refractivity contribution in [3.63, 3.8) is 0 Å². The fourth-order valence-corrected chi connectivity index (χ4v) is 3.24. The second kappa shape index (κ2) is 7.08. The lowest BCUT2D eigenvalue weighted by Crippen LogP contribution is -2.10. The first kappa shape index (κ1) is 17.0. The fraction of sp³-hybridized carbons (Fsp3) is 0.130. The van der Waals surface area contributed by atoms with Crippen LogP contribution in [0.4, 0.5) is 0 Å². The van der Waals surface area contributed by atoms with Crippen molar-refractivity contribution in [1.82, 2.24) is 0 Å². The molecule has 0 radical (unpaired) electrons. The number of rotatable bonds is 4. The highest BCUT2D eigenvalue weighted by atomic mass is 16.5. The van der Waals surface area contributed by atoms with Crippen LogP contribution in [0, 0.1) is 0 Å². The number of hydrogen-bond acceptors (Lipinski definition) is 4. The first-order valence-corrected chi connectivity index (χ1v) is 8.70. The number of fused-ring (bicyclic) bond motifs is 1. The molecule has 1 heterocycles. The number of aliphatic hydroxyl groups is 1. The van der Waals surface area contributed by atoms with Crippen molar-refractivity contribution in [3.05, 3.63) is 83.6 Å². The monoisotopic (exact) mass is 360 g/mol. The van der Waals surface area contributed by atoms with E-state index in [1.165, 1.54) is 0 Å². The number of benzene rings is 3. The Hall–Kier alpha value is -3.40. The Kier molecular flexibility index (Phi) is 4.47. The van der Waals surface area contributed by atoms with Gasteiger partial charge >= 0.3 is 0 Å². The Bertz CT molecular complexity index is 989. The Morgan fingerprint density at radius 1 is 0.778 bits per heavy atom. The second-order valence-corrected chi connectivity index (χ2v) is 6.31. The molecule has 0 bridgehead atoms. The van der Waals surface area contributed by atoms with Gasteiger partial charge in [0.25, 0.3) is 0 Å². The third-order valence-corrected chi connectivity index (χ3v) is 4.65. The van der Waals surface area contributed by atoms with Crippen LogP contribution in [0.2, 0.25) is 0 Å². The quantitative estimate of drug-likeness (QED) is 0.692. The lowest BCUT2D eigenvalue weighted by molar-refractivity contribution is 0.341. The van der Waals surface area contributed by atoms with Crippen LogP contribution in [0.1, 0.15) is 11.1 Å². The van der Waals surface area contributed by atoms with Crippen LogP contribution in [0.25, 0.3) is 16.9 Å². The minimum absolute atomic E-state index is 0.196. The molecule has 27 heavy (non-hydrogen) atoms. The van der Waals surface area contributed by atoms with Crippen molar-refractivity contribution in [2.75, 3.05) is 14.2 Å². The van der Waals surface area contributed by atoms with E-state index in [-0.39, 0.29) is 5.76 Å². The van der Waals surface area contributed by atoms with E-state index in [1.807, 2.05) is 48.5 Å². The highest BCUT2D eigenvalue weighted by molar-refractivity contribution is 5.72. The lowest BCUT2D eigenvalue weighted by Gasteiger charge is -2.22. The summed E-state index contributed by atoms with van der Waals surface area (Å²) in [5, 5.41) is 10.5. The van der Waals surface area contributed by atoms with Gasteiger partial charge in [0, 0.05) is 23.6 Å². The number of hydrogen-bond donors (Lipinski definition) is 1. The highest BCUT2D eigenvalue weighted by Crippen LogP contribution is 2.41. The van der Waals surface area contributed by atoms with E-state index in [2.05, 4.69) is 12.1 Å². The average Bonchev–Trinajstić information content (AvgIpc) is 2.73. The summed E-state index contributed by atoms with van der Waals surface area (Å²) in [5.74, 6) is 2.53. The molecule has 1 aliphatic heterocycles. The van der Waals surface area contributed by atoms with Crippen LogP contribution >= 0.6 is 0 Å². The summed E-state index contributed by atoms with van der Waals surface area (Å²) in [6.45, 7) is 0. The second-order valence-electron chi connectivity index (χ2n) is 6.31. The molecule has 4 heteroatoms. The lowest BCUT2D eigenvalue weighted by atomic mass is 10.00. The van der Waals surface area contributed by atoms with E-state index in [1.54, 1.807) is 20.3 Å². The molecular weight excluding hydrogens is 340 g/mol. The summed E-state index contributed by atoms with van der Waals surface area (Å²) >= 11 is 0. The summed E-state index contributed by atoms with van der Waals surface area (Å²) in [7, 11) is 3.17. The van der Waals surface area contributed by atoms with E-state index >= 15 is 0 Å². The molecule has 136 valence electrons. The zero-order valence-corrected chi connectivity index (χ0v) is 15.2. The molecular formula is C23H20O4. The van der Waals surface area contributed by atoms with Crippen molar-refractivity contribution in [3.8, 4) is 28.4 Å². The van der Waals surface area contributed by atoms with Gasteiger partial charge in [-0.05, 0) is 17.2 Å². The van der Waals surface area contributed by atoms with Gasteiger partial charge in [0.15, 0.2) is 17.3 Å². The maximum Gasteiger partial charge on any atom is 0.172 e. The Morgan fingerprint density at radius 3 is 2.04 bits per heavy atom. The van der Waals surface area contributed by atoms with Crippen molar-refractivity contribution < 1.29 is 19.3 Å². The molecule has 0 aromatic heterocycles. The van der Waals surface area contributed by atoms with Gasteiger partial charge in [-0.3, -0.25) is 0 Å². The minimum atomic E-state index is 0.196. The largest absolute Gasteiger partial charge is 0.508 e. The van der Waals surface area contributed by atoms with Crippen molar-refractivity contribution >= 4 is 5.76 Å². The van der Waals surface area contributed by atoms with E-state index in [0.717, 1.165) is 22.3 Å². The summed E-state index contributed by atoms with van der Waals surface area (Å²) in [6, 6.07) is 21.8. The first-order valence-electron chi connectivity index (χ1n) is 8.70. The van der Waals surface area contributed by atoms with E-state index in [9.17, 15) is 5.11 Å². The van der Waals surface area contributed by atoms with Gasteiger partial charge in [-0.2, -0.15) is 0 Å². The molecule has 1 aliphatic rings. The fourth-order valence-electron chi connectivity index (χ4n) is 3.24. The Labute approximate surface area is 158 Å². The molecule has 0 spiro atoms. The predicted molar refractivity (Wildman–Crippen MR) is 105 cm³/mol. The molecule has 0 atom stereocenters. The minimum Gasteiger partial charge on any atom is -0.508 e. The molecule has 0 saturated carbocycles. The molecule has 1 N–H and O–H groups in total. The molecule has 0 amide bonds. The summed E-state index contributed by atoms with van der Waals surface area (Å²) < 4.78 is 16.7. The molecule has 0 unspecified atom stereocenters. The molecule has 4 nitrogen and oxygen atoms in total. The van der Waals surface area contributed by atoms with Crippen LogP contribution in [-0.2, 0) is 6.42 Å². The van der Waals surface area contributed by atoms with Crippen LogP contribution in [0.5, 0.6) is 17.2 Å². The van der Waals surface area contributed by atoms with Gasteiger partial charge < -0.3 is 19.3 Å². The normalized spacial score (nSPS) is 13.0. The van der Waals surface area contributed by atoms with E-state index in [4.69, 9.17) is 14.2 Å². The first-order chi connectivity index (χ1) is 13.2. The predicted octanol–water partition coefficient (Wildman–Crippen LogP) is 5.23. The standard InChI is InChI=1S/C23H20O4/c1-25-21-13-18-12-19(24)23(27-20(18)14-22(21)26-2)17-10-8-16(9-11-17)15-6-4-3-5-7-15/h3-11,13-14,24H,12H2,1-2H3. The van der Waals surface area contributed by atoms with E-state index in [0.29, 0.717) is 29.4 Å². The molecule has 0 aliphatic carbocycles. The van der Waals surface area contributed by atoms with Gasteiger partial charge in [0.05, 0.1) is 14.2 Å². The molecule has 0 fully saturated rings.